The quantitative estimate of drug-likeness (QED) is 0.543. The van der Waals surface area contributed by atoms with Crippen LogP contribution in [-0.2, 0) is 14.3 Å². The molecule has 6 heteroatoms. The van der Waals surface area contributed by atoms with Gasteiger partial charge in [0.1, 0.15) is 12.2 Å². The fraction of sp³-hybridized carbons (Fsp3) is 0.875. The van der Waals surface area contributed by atoms with E-state index in [1.807, 2.05) is 6.92 Å². The van der Waals surface area contributed by atoms with Crippen LogP contribution in [0.25, 0.3) is 0 Å². The van der Waals surface area contributed by atoms with Crippen molar-refractivity contribution in [1.82, 2.24) is 10.6 Å². The molecule has 0 radical (unpaired) electrons. The Bertz CT molecular complexity index is 311. The molecular weight excluding hydrogens is 284 g/mol. The highest BCUT2D eigenvalue weighted by atomic mass is 16.6. The number of rotatable bonds is 12. The van der Waals surface area contributed by atoms with Gasteiger partial charge in [-0.25, -0.2) is 4.79 Å². The van der Waals surface area contributed by atoms with E-state index in [-0.39, 0.29) is 18.1 Å². The molecule has 0 rings (SSSR count). The number of carbonyl (C=O) groups excluding carboxylic acids is 2. The maximum absolute atomic E-state index is 11.6. The smallest absolute Gasteiger partial charge is 0.407 e. The van der Waals surface area contributed by atoms with Gasteiger partial charge in [-0.05, 0) is 20.3 Å². The molecule has 2 unspecified atom stereocenters. The van der Waals surface area contributed by atoms with E-state index in [1.165, 1.54) is 19.3 Å². The average Bonchev–Trinajstić information content (AvgIpc) is 2.49. The molecule has 0 saturated carbocycles. The molecule has 22 heavy (non-hydrogen) atoms. The van der Waals surface area contributed by atoms with Gasteiger partial charge < -0.3 is 20.1 Å². The first-order chi connectivity index (χ1) is 10.5. The second kappa shape index (κ2) is 13.4. The van der Waals surface area contributed by atoms with Gasteiger partial charge in [0.2, 0.25) is 5.91 Å². The molecule has 2 amide bonds. The number of nitrogens with one attached hydrogen (secondary N) is 2. The summed E-state index contributed by atoms with van der Waals surface area (Å²) >= 11 is 0. The Hall–Kier alpha value is -1.30. The van der Waals surface area contributed by atoms with Gasteiger partial charge in [-0.3, -0.25) is 4.79 Å². The zero-order chi connectivity index (χ0) is 16.8. The van der Waals surface area contributed by atoms with Crippen molar-refractivity contribution in [2.45, 2.75) is 71.5 Å². The number of likely N-dealkylation sites (N-methyl/N-ethyl adjacent to an activating group) is 1. The van der Waals surface area contributed by atoms with Crippen LogP contribution in [-0.4, -0.2) is 44.4 Å². The Balaban J connectivity index is 3.59. The monoisotopic (exact) mass is 316 g/mol. The minimum absolute atomic E-state index is 0.158. The number of unbranched alkanes of at least 4 members (excludes halogenated alkanes) is 4. The molecule has 2 N–H and O–H groups in total. The van der Waals surface area contributed by atoms with E-state index in [0.717, 1.165) is 12.8 Å². The van der Waals surface area contributed by atoms with Gasteiger partial charge in [0.15, 0.2) is 0 Å². The van der Waals surface area contributed by atoms with Gasteiger partial charge in [0.25, 0.3) is 0 Å². The summed E-state index contributed by atoms with van der Waals surface area (Å²) in [7, 11) is 1.57. The van der Waals surface area contributed by atoms with E-state index in [4.69, 9.17) is 9.47 Å². The first kappa shape index (κ1) is 20.7. The first-order valence-corrected chi connectivity index (χ1v) is 8.28. The predicted octanol–water partition coefficient (Wildman–Crippen LogP) is 2.61. The molecule has 0 aliphatic heterocycles. The summed E-state index contributed by atoms with van der Waals surface area (Å²) in [5.74, 6) is -0.158. The minimum Gasteiger partial charge on any atom is -0.446 e. The molecule has 0 spiro atoms. The lowest BCUT2D eigenvalue weighted by Gasteiger charge is -2.16. The standard InChI is InChI=1S/C16H32N2O4/c1-5-6-7-8-9-11-18-16(20)22-13(2)10-12-21-14(3)15(19)17-4/h13-14H,5-12H2,1-4H3,(H,17,19)(H,18,20). The second-order valence-electron chi connectivity index (χ2n) is 5.47. The molecule has 0 aliphatic rings. The zero-order valence-corrected chi connectivity index (χ0v) is 14.4. The molecule has 2 atom stereocenters. The summed E-state index contributed by atoms with van der Waals surface area (Å²) in [5, 5.41) is 5.27. The van der Waals surface area contributed by atoms with Crippen molar-refractivity contribution in [1.29, 1.82) is 0 Å². The SMILES string of the molecule is CCCCCCCNC(=O)OC(C)CCOC(C)C(=O)NC. The molecule has 0 fully saturated rings. The van der Waals surface area contributed by atoms with Crippen LogP contribution in [0.5, 0.6) is 0 Å². The molecule has 0 saturated heterocycles. The van der Waals surface area contributed by atoms with Crippen molar-refractivity contribution in [2.24, 2.45) is 0 Å². The van der Waals surface area contributed by atoms with Crippen molar-refractivity contribution in [3.8, 4) is 0 Å². The third kappa shape index (κ3) is 11.4. The molecule has 0 aromatic rings. The summed E-state index contributed by atoms with van der Waals surface area (Å²) in [6.07, 6.45) is 5.23. The Morgan fingerprint density at radius 1 is 1.09 bits per heavy atom. The Morgan fingerprint density at radius 3 is 2.41 bits per heavy atom. The number of amides is 2. The van der Waals surface area contributed by atoms with Gasteiger partial charge in [0, 0.05) is 20.0 Å². The van der Waals surface area contributed by atoms with Crippen molar-refractivity contribution >= 4 is 12.0 Å². The summed E-state index contributed by atoms with van der Waals surface area (Å²) in [4.78, 5) is 22.8. The Morgan fingerprint density at radius 2 is 1.77 bits per heavy atom. The molecule has 0 heterocycles. The summed E-state index contributed by atoms with van der Waals surface area (Å²) < 4.78 is 10.6. The van der Waals surface area contributed by atoms with Crippen LogP contribution in [0.4, 0.5) is 4.79 Å². The van der Waals surface area contributed by atoms with Crippen molar-refractivity contribution in [3.05, 3.63) is 0 Å². The highest BCUT2D eigenvalue weighted by Gasteiger charge is 2.13. The van der Waals surface area contributed by atoms with Crippen molar-refractivity contribution in [2.75, 3.05) is 20.2 Å². The fourth-order valence-electron chi connectivity index (χ4n) is 1.89. The molecule has 0 bridgehead atoms. The van der Waals surface area contributed by atoms with Crippen LogP contribution >= 0.6 is 0 Å². The van der Waals surface area contributed by atoms with Gasteiger partial charge in [-0.15, -0.1) is 0 Å². The highest BCUT2D eigenvalue weighted by Crippen LogP contribution is 2.03. The summed E-state index contributed by atoms with van der Waals surface area (Å²) in [5.41, 5.74) is 0. The summed E-state index contributed by atoms with van der Waals surface area (Å²) in [6.45, 7) is 6.71. The first-order valence-electron chi connectivity index (χ1n) is 8.28. The van der Waals surface area contributed by atoms with Crippen LogP contribution < -0.4 is 10.6 Å². The third-order valence-corrected chi connectivity index (χ3v) is 3.37. The number of carbonyl (C=O) groups is 2. The molecule has 0 aromatic carbocycles. The molecule has 0 aliphatic carbocycles. The highest BCUT2D eigenvalue weighted by molar-refractivity contribution is 5.79. The fourth-order valence-corrected chi connectivity index (χ4v) is 1.89. The van der Waals surface area contributed by atoms with Crippen molar-refractivity contribution < 1.29 is 19.1 Å². The third-order valence-electron chi connectivity index (χ3n) is 3.37. The largest absolute Gasteiger partial charge is 0.446 e. The molecule has 0 aromatic heterocycles. The summed E-state index contributed by atoms with van der Waals surface area (Å²) in [6, 6.07) is 0. The lowest BCUT2D eigenvalue weighted by atomic mass is 10.1. The van der Waals surface area contributed by atoms with E-state index in [2.05, 4.69) is 17.6 Å². The number of hydrogen-bond acceptors (Lipinski definition) is 4. The number of hydrogen-bond donors (Lipinski definition) is 2. The van der Waals surface area contributed by atoms with Crippen LogP contribution in [0, 0.1) is 0 Å². The molecule has 130 valence electrons. The van der Waals surface area contributed by atoms with Gasteiger partial charge >= 0.3 is 6.09 Å². The Labute approximate surface area is 134 Å². The molecular formula is C16H32N2O4. The zero-order valence-electron chi connectivity index (χ0n) is 14.4. The van der Waals surface area contributed by atoms with E-state index in [1.54, 1.807) is 14.0 Å². The molecule has 6 nitrogen and oxygen atoms in total. The lowest BCUT2D eigenvalue weighted by molar-refractivity contribution is -0.131. The van der Waals surface area contributed by atoms with Gasteiger partial charge in [-0.2, -0.15) is 0 Å². The minimum atomic E-state index is -0.492. The maximum Gasteiger partial charge on any atom is 0.407 e. The maximum atomic E-state index is 11.6. The van der Waals surface area contributed by atoms with Crippen molar-refractivity contribution in [3.63, 3.8) is 0 Å². The van der Waals surface area contributed by atoms with Gasteiger partial charge in [-0.1, -0.05) is 32.6 Å². The van der Waals surface area contributed by atoms with E-state index < -0.39 is 6.10 Å². The van der Waals surface area contributed by atoms with Gasteiger partial charge in [0.05, 0.1) is 6.61 Å². The Kier molecular flexibility index (Phi) is 12.6. The van der Waals surface area contributed by atoms with Crippen LogP contribution in [0.3, 0.4) is 0 Å². The van der Waals surface area contributed by atoms with Crippen LogP contribution in [0.1, 0.15) is 59.3 Å². The number of ether oxygens (including phenoxy) is 2. The normalized spacial score (nSPS) is 13.3. The van der Waals surface area contributed by atoms with E-state index in [0.29, 0.717) is 19.6 Å². The predicted molar refractivity (Wildman–Crippen MR) is 86.8 cm³/mol. The number of alkyl carbamates (subject to hydrolysis) is 1. The second-order valence-corrected chi connectivity index (χ2v) is 5.47. The topological polar surface area (TPSA) is 76.7 Å². The lowest BCUT2D eigenvalue weighted by Crippen LogP contribution is -2.33. The van der Waals surface area contributed by atoms with Crippen LogP contribution in [0.2, 0.25) is 0 Å². The van der Waals surface area contributed by atoms with E-state index in [9.17, 15) is 9.59 Å². The average molecular weight is 316 g/mol. The van der Waals surface area contributed by atoms with Crippen LogP contribution in [0.15, 0.2) is 0 Å². The van der Waals surface area contributed by atoms with E-state index >= 15 is 0 Å².